The number of carbonyl (C=O) groups excluding carboxylic acids is 1. The van der Waals surface area contributed by atoms with Gasteiger partial charge in [-0.2, -0.15) is 0 Å². The summed E-state index contributed by atoms with van der Waals surface area (Å²) in [6.45, 7) is 7.65. The van der Waals surface area contributed by atoms with Gasteiger partial charge in [0.25, 0.3) is 0 Å². The minimum atomic E-state index is -0.951. The zero-order valence-corrected chi connectivity index (χ0v) is 13.6. The topological polar surface area (TPSA) is 88.4 Å². The number of hydrogen-bond acceptors (Lipinski definition) is 4. The Kier molecular flexibility index (Phi) is 5.71. The Morgan fingerprint density at radius 3 is 2.48 bits per heavy atom. The maximum Gasteiger partial charge on any atom is 0.307 e. The molecule has 1 unspecified atom stereocenters. The van der Waals surface area contributed by atoms with Gasteiger partial charge in [-0.25, -0.2) is 0 Å². The van der Waals surface area contributed by atoms with Gasteiger partial charge < -0.3 is 10.4 Å². The largest absolute Gasteiger partial charge is 0.481 e. The van der Waals surface area contributed by atoms with Crippen molar-refractivity contribution in [2.45, 2.75) is 53.1 Å². The number of aromatic nitrogens is 1. The molecule has 7 heteroatoms. The highest BCUT2D eigenvalue weighted by Crippen LogP contribution is 2.22. The van der Waals surface area contributed by atoms with Crippen molar-refractivity contribution in [3.63, 3.8) is 0 Å². The highest BCUT2D eigenvalue weighted by Gasteiger charge is 2.23. The van der Waals surface area contributed by atoms with E-state index in [-0.39, 0.29) is 29.2 Å². The number of thiazole rings is 1. The van der Waals surface area contributed by atoms with Crippen LogP contribution in [0, 0.1) is 12.3 Å². The summed E-state index contributed by atoms with van der Waals surface area (Å²) in [5, 5.41) is 13.4. The van der Waals surface area contributed by atoms with Gasteiger partial charge in [0.1, 0.15) is 6.54 Å². The number of hydrogen-bond donors (Lipinski definition) is 2. The van der Waals surface area contributed by atoms with E-state index in [1.165, 1.54) is 4.57 Å². The molecule has 0 aliphatic carbocycles. The van der Waals surface area contributed by atoms with Crippen LogP contribution in [-0.2, 0) is 16.1 Å². The molecule has 0 aliphatic heterocycles. The molecule has 0 aliphatic rings. The first-order chi connectivity index (χ1) is 9.58. The lowest BCUT2D eigenvalue weighted by Crippen LogP contribution is -2.41. The number of nitrogens with zero attached hydrogens (tertiary/aromatic N) is 1. The molecule has 0 saturated heterocycles. The summed E-state index contributed by atoms with van der Waals surface area (Å²) in [4.78, 5) is 34.3. The second-order valence-corrected chi connectivity index (χ2v) is 7.18. The number of aryl methyl sites for hydroxylation is 1. The fraction of sp³-hybridized carbons (Fsp3) is 0.643. The van der Waals surface area contributed by atoms with Crippen molar-refractivity contribution < 1.29 is 14.7 Å². The lowest BCUT2D eigenvalue weighted by Gasteiger charge is -2.26. The Morgan fingerprint density at radius 1 is 1.43 bits per heavy atom. The lowest BCUT2D eigenvalue weighted by molar-refractivity contribution is -0.137. The Hall–Kier alpha value is -1.63. The van der Waals surface area contributed by atoms with Crippen molar-refractivity contribution in [2.75, 3.05) is 0 Å². The Labute approximate surface area is 127 Å². The smallest absolute Gasteiger partial charge is 0.307 e. The van der Waals surface area contributed by atoms with Gasteiger partial charge in [0.05, 0.1) is 6.42 Å². The monoisotopic (exact) mass is 314 g/mol. The predicted octanol–water partition coefficient (Wildman–Crippen LogP) is 1.61. The molecule has 6 nitrogen and oxygen atoms in total. The normalized spacial score (nSPS) is 13.0. The van der Waals surface area contributed by atoms with Gasteiger partial charge in [-0.3, -0.25) is 19.0 Å². The molecule has 118 valence electrons. The van der Waals surface area contributed by atoms with Crippen LogP contribution in [0.25, 0.3) is 0 Å². The SMILES string of the molecule is Cc1csc(=O)n1CC(=O)NC(CC(=O)O)CC(C)(C)C. The third-order valence-corrected chi connectivity index (χ3v) is 3.80. The summed E-state index contributed by atoms with van der Waals surface area (Å²) in [5.41, 5.74) is 0.633. The van der Waals surface area contributed by atoms with Crippen molar-refractivity contribution in [2.24, 2.45) is 5.41 Å². The molecule has 0 bridgehead atoms. The molecular weight excluding hydrogens is 292 g/mol. The molecule has 1 aromatic rings. The molecule has 21 heavy (non-hydrogen) atoms. The minimum Gasteiger partial charge on any atom is -0.481 e. The van der Waals surface area contributed by atoms with E-state index in [0.29, 0.717) is 6.42 Å². The van der Waals surface area contributed by atoms with E-state index in [1.54, 1.807) is 12.3 Å². The summed E-state index contributed by atoms with van der Waals surface area (Å²) in [6.07, 6.45) is 0.434. The molecule has 1 rings (SSSR count). The Morgan fingerprint density at radius 2 is 2.05 bits per heavy atom. The second kappa shape index (κ2) is 6.89. The maximum atomic E-state index is 12.0. The van der Waals surface area contributed by atoms with Gasteiger partial charge >= 0.3 is 10.8 Å². The summed E-state index contributed by atoms with van der Waals surface area (Å²) in [6, 6.07) is -0.440. The molecule has 0 aromatic carbocycles. The van der Waals surface area contributed by atoms with Gasteiger partial charge in [0.2, 0.25) is 5.91 Å². The van der Waals surface area contributed by atoms with Gasteiger partial charge in [-0.05, 0) is 18.8 Å². The minimum absolute atomic E-state index is 0.0750. The summed E-state index contributed by atoms with van der Waals surface area (Å²) >= 11 is 1.05. The van der Waals surface area contributed by atoms with E-state index >= 15 is 0 Å². The Bertz CT molecular complexity index is 568. The van der Waals surface area contributed by atoms with Crippen LogP contribution < -0.4 is 10.2 Å². The average molecular weight is 314 g/mol. The fourth-order valence-electron chi connectivity index (χ4n) is 2.14. The van der Waals surface area contributed by atoms with Crippen LogP contribution in [0.3, 0.4) is 0 Å². The Balaban J connectivity index is 2.72. The lowest BCUT2D eigenvalue weighted by atomic mass is 9.87. The van der Waals surface area contributed by atoms with Crippen molar-refractivity contribution in [3.8, 4) is 0 Å². The highest BCUT2D eigenvalue weighted by atomic mass is 32.1. The number of carboxylic acid groups (broad SMARTS) is 1. The number of rotatable bonds is 6. The molecule has 0 saturated carbocycles. The second-order valence-electron chi connectivity index (χ2n) is 6.36. The molecular formula is C14H22N2O4S. The molecule has 0 radical (unpaired) electrons. The summed E-state index contributed by atoms with van der Waals surface area (Å²) in [7, 11) is 0. The third kappa shape index (κ3) is 6.12. The van der Waals surface area contributed by atoms with Crippen molar-refractivity contribution in [3.05, 3.63) is 20.7 Å². The van der Waals surface area contributed by atoms with Crippen LogP contribution in [0.15, 0.2) is 10.2 Å². The predicted molar refractivity (Wildman–Crippen MR) is 81.6 cm³/mol. The number of carbonyl (C=O) groups is 2. The zero-order chi connectivity index (χ0) is 16.2. The molecule has 1 heterocycles. The van der Waals surface area contributed by atoms with Crippen molar-refractivity contribution in [1.29, 1.82) is 0 Å². The van der Waals surface area contributed by atoms with E-state index in [2.05, 4.69) is 5.32 Å². The number of carboxylic acids is 1. The van der Waals surface area contributed by atoms with Crippen LogP contribution in [0.1, 0.15) is 39.3 Å². The first kappa shape index (κ1) is 17.4. The molecule has 1 aromatic heterocycles. The van der Waals surface area contributed by atoms with E-state index in [4.69, 9.17) is 5.11 Å². The first-order valence-corrected chi connectivity index (χ1v) is 7.62. The molecule has 1 amide bonds. The van der Waals surface area contributed by atoms with E-state index in [1.807, 2.05) is 20.8 Å². The first-order valence-electron chi connectivity index (χ1n) is 6.74. The van der Waals surface area contributed by atoms with E-state index in [0.717, 1.165) is 17.0 Å². The number of amides is 1. The van der Waals surface area contributed by atoms with Gasteiger partial charge in [-0.15, -0.1) is 0 Å². The standard InChI is InChI=1S/C14H22N2O4S/c1-9-8-21-13(20)16(9)7-11(17)15-10(5-12(18)19)6-14(2,3)4/h8,10H,5-7H2,1-4H3,(H,15,17)(H,18,19). The molecule has 0 fully saturated rings. The summed E-state index contributed by atoms with van der Waals surface area (Å²) in [5.74, 6) is -1.29. The van der Waals surface area contributed by atoms with Crippen molar-refractivity contribution >= 4 is 23.2 Å². The number of aliphatic carboxylic acids is 1. The average Bonchev–Trinajstić information content (AvgIpc) is 2.57. The third-order valence-electron chi connectivity index (χ3n) is 2.92. The van der Waals surface area contributed by atoms with E-state index in [9.17, 15) is 14.4 Å². The van der Waals surface area contributed by atoms with Crippen molar-refractivity contribution in [1.82, 2.24) is 9.88 Å². The van der Waals surface area contributed by atoms with E-state index < -0.39 is 12.0 Å². The highest BCUT2D eigenvalue weighted by molar-refractivity contribution is 7.07. The quantitative estimate of drug-likeness (QED) is 0.835. The molecule has 2 N–H and O–H groups in total. The fourth-order valence-corrected chi connectivity index (χ4v) is 2.87. The van der Waals surface area contributed by atoms with Gasteiger partial charge in [-0.1, -0.05) is 32.1 Å². The molecule has 0 spiro atoms. The van der Waals surface area contributed by atoms with Crippen LogP contribution in [0.5, 0.6) is 0 Å². The summed E-state index contributed by atoms with van der Waals surface area (Å²) < 4.78 is 1.38. The van der Waals surface area contributed by atoms with Crippen LogP contribution in [0.2, 0.25) is 0 Å². The van der Waals surface area contributed by atoms with Gasteiger partial charge in [0, 0.05) is 17.1 Å². The van der Waals surface area contributed by atoms with Crippen LogP contribution >= 0.6 is 11.3 Å². The van der Waals surface area contributed by atoms with Crippen LogP contribution in [0.4, 0.5) is 0 Å². The molecule has 1 atom stereocenters. The number of nitrogens with one attached hydrogen (secondary N) is 1. The van der Waals surface area contributed by atoms with Crippen LogP contribution in [-0.4, -0.2) is 27.6 Å². The maximum absolute atomic E-state index is 12.0. The zero-order valence-electron chi connectivity index (χ0n) is 12.8. The van der Waals surface area contributed by atoms with Gasteiger partial charge in [0.15, 0.2) is 0 Å².